The van der Waals surface area contributed by atoms with Crippen molar-refractivity contribution in [1.82, 2.24) is 14.2 Å². The molecule has 7 heteroatoms. The first-order chi connectivity index (χ1) is 15.1. The van der Waals surface area contributed by atoms with E-state index in [0.717, 1.165) is 35.2 Å². The smallest absolute Gasteiger partial charge is 0.252 e. The number of nitrogens with two attached hydrogens (primary N) is 2. The molecule has 5 N–H and O–H groups in total. The predicted octanol–water partition coefficient (Wildman–Crippen LogP) is 3.91. The average Bonchev–Trinajstić information content (AvgIpc) is 3.38. The summed E-state index contributed by atoms with van der Waals surface area (Å²) >= 11 is 0. The molecule has 1 aromatic carbocycles. The van der Waals surface area contributed by atoms with Gasteiger partial charge in [0, 0.05) is 52.9 Å². The minimum absolute atomic E-state index is 0.112. The maximum absolute atomic E-state index is 12.3. The molecule has 5 rings (SSSR count). The number of carbonyl (C=O) groups excluding carboxylic acids is 1. The molecule has 0 unspecified atom stereocenters. The van der Waals surface area contributed by atoms with Gasteiger partial charge >= 0.3 is 0 Å². The van der Waals surface area contributed by atoms with E-state index >= 15 is 0 Å². The van der Waals surface area contributed by atoms with Crippen LogP contribution in [0.1, 0.15) is 44.0 Å². The largest absolute Gasteiger partial charge is 0.379 e. The first kappa shape index (κ1) is 20.6. The highest BCUT2D eigenvalue weighted by molar-refractivity contribution is 6.02. The molecule has 0 radical (unpaired) electrons. The van der Waals surface area contributed by atoms with E-state index in [1.165, 1.54) is 10.9 Å². The number of nitrogens with one attached hydrogen (secondary N) is 1. The monoisotopic (exact) mass is 430 g/mol. The average molecular weight is 431 g/mol. The number of aromatic nitrogens is 3. The Labute approximate surface area is 187 Å². The van der Waals surface area contributed by atoms with Crippen molar-refractivity contribution in [1.29, 1.82) is 0 Å². The Kier molecular flexibility index (Phi) is 4.40. The molecule has 1 saturated carbocycles. The first-order valence-corrected chi connectivity index (χ1v) is 11.0. The zero-order chi connectivity index (χ0) is 22.8. The second-order valence-corrected chi connectivity index (χ2v) is 9.93. The lowest BCUT2D eigenvalue weighted by molar-refractivity contribution is 0.100. The van der Waals surface area contributed by atoms with Gasteiger partial charge in [0.1, 0.15) is 0 Å². The van der Waals surface area contributed by atoms with Crippen molar-refractivity contribution in [2.75, 3.05) is 5.32 Å². The van der Waals surface area contributed by atoms with Gasteiger partial charge in [-0.3, -0.25) is 4.79 Å². The van der Waals surface area contributed by atoms with Crippen LogP contribution < -0.4 is 16.8 Å². The van der Waals surface area contributed by atoms with Crippen LogP contribution >= 0.6 is 0 Å². The zero-order valence-corrected chi connectivity index (χ0v) is 19.0. The third kappa shape index (κ3) is 2.99. The topological polar surface area (TPSA) is 103 Å². The highest BCUT2D eigenvalue weighted by atomic mass is 16.1. The van der Waals surface area contributed by atoms with Crippen LogP contribution in [-0.4, -0.2) is 31.7 Å². The van der Waals surface area contributed by atoms with E-state index in [4.69, 9.17) is 11.5 Å². The number of aryl methyl sites for hydroxylation is 1. The highest BCUT2D eigenvalue weighted by Crippen LogP contribution is 2.46. The Bertz CT molecular complexity index is 1360. The summed E-state index contributed by atoms with van der Waals surface area (Å²) in [6.07, 6.45) is 7.43. The van der Waals surface area contributed by atoms with Gasteiger partial charge in [-0.1, -0.05) is 19.9 Å². The molecule has 3 aromatic heterocycles. The minimum atomic E-state index is -0.498. The van der Waals surface area contributed by atoms with Gasteiger partial charge in [0.2, 0.25) is 0 Å². The standard InChI is InChI=1S/C25H30N6O/c1-24(2)21(7-9-25(24,3)27)29-22-18(23(26)32)13-28-31-14-17(12-20(22)31)15-5-6-19-16(11-15)8-10-30(19)4/h5-6,8,10-14,21,29H,7,9,27H2,1-4H3,(H2,26,32)/t21-,25+/m1/s1. The highest BCUT2D eigenvalue weighted by Gasteiger charge is 2.49. The molecule has 0 aliphatic heterocycles. The first-order valence-electron chi connectivity index (χ1n) is 11.0. The Hall–Kier alpha value is -3.32. The van der Waals surface area contributed by atoms with Crippen molar-refractivity contribution in [3.63, 3.8) is 0 Å². The van der Waals surface area contributed by atoms with Crippen molar-refractivity contribution in [3.8, 4) is 11.1 Å². The van der Waals surface area contributed by atoms with Gasteiger partial charge < -0.3 is 21.4 Å². The molecule has 1 amide bonds. The molecule has 0 saturated heterocycles. The Morgan fingerprint density at radius 3 is 2.62 bits per heavy atom. The van der Waals surface area contributed by atoms with E-state index in [1.807, 2.05) is 17.8 Å². The van der Waals surface area contributed by atoms with Crippen molar-refractivity contribution in [2.24, 2.45) is 23.9 Å². The lowest BCUT2D eigenvalue weighted by atomic mass is 9.75. The van der Waals surface area contributed by atoms with Crippen molar-refractivity contribution in [3.05, 3.63) is 54.5 Å². The van der Waals surface area contributed by atoms with Crippen LogP contribution in [0.5, 0.6) is 0 Å². The fraction of sp³-hybridized carbons (Fsp3) is 0.360. The lowest BCUT2D eigenvalue weighted by Crippen LogP contribution is -2.51. The number of hydrogen-bond donors (Lipinski definition) is 3. The maximum atomic E-state index is 12.3. The molecule has 3 heterocycles. The minimum Gasteiger partial charge on any atom is -0.379 e. The van der Waals surface area contributed by atoms with Gasteiger partial charge in [0.15, 0.2) is 0 Å². The zero-order valence-electron chi connectivity index (χ0n) is 19.0. The molecular formula is C25H30N6O. The van der Waals surface area contributed by atoms with Gasteiger partial charge in [-0.2, -0.15) is 5.10 Å². The van der Waals surface area contributed by atoms with Crippen LogP contribution in [0.2, 0.25) is 0 Å². The predicted molar refractivity (Wildman–Crippen MR) is 129 cm³/mol. The van der Waals surface area contributed by atoms with E-state index in [1.54, 1.807) is 6.20 Å². The number of rotatable bonds is 4. The normalized spacial score (nSPS) is 22.6. The molecule has 0 spiro atoms. The molecule has 1 aliphatic rings. The van der Waals surface area contributed by atoms with E-state index in [9.17, 15) is 4.79 Å². The fourth-order valence-corrected chi connectivity index (χ4v) is 4.97. The third-order valence-electron chi connectivity index (χ3n) is 7.74. The summed E-state index contributed by atoms with van der Waals surface area (Å²) in [7, 11) is 2.04. The van der Waals surface area contributed by atoms with Gasteiger partial charge in [0.25, 0.3) is 5.91 Å². The summed E-state index contributed by atoms with van der Waals surface area (Å²) in [5.74, 6) is -0.498. The van der Waals surface area contributed by atoms with Crippen molar-refractivity contribution >= 4 is 28.0 Å². The molecule has 166 valence electrons. The number of anilines is 1. The summed E-state index contributed by atoms with van der Waals surface area (Å²) in [6.45, 7) is 6.46. The summed E-state index contributed by atoms with van der Waals surface area (Å²) in [6, 6.07) is 10.7. The summed E-state index contributed by atoms with van der Waals surface area (Å²) in [4.78, 5) is 12.3. The van der Waals surface area contributed by atoms with Gasteiger partial charge in [-0.25, -0.2) is 4.52 Å². The second-order valence-electron chi connectivity index (χ2n) is 9.93. The van der Waals surface area contributed by atoms with E-state index in [2.05, 4.69) is 72.3 Å². The Balaban J connectivity index is 1.62. The van der Waals surface area contributed by atoms with E-state index in [0.29, 0.717) is 5.56 Å². The molecule has 7 nitrogen and oxygen atoms in total. The quantitative estimate of drug-likeness (QED) is 0.457. The van der Waals surface area contributed by atoms with Crippen LogP contribution in [0.3, 0.4) is 0 Å². The molecule has 2 atom stereocenters. The number of benzene rings is 1. The number of primary amides is 1. The maximum Gasteiger partial charge on any atom is 0.252 e. The number of carbonyl (C=O) groups is 1. The number of amides is 1. The van der Waals surface area contributed by atoms with Crippen LogP contribution in [0.25, 0.3) is 27.5 Å². The van der Waals surface area contributed by atoms with Gasteiger partial charge in [-0.05, 0) is 49.6 Å². The second kappa shape index (κ2) is 6.84. The van der Waals surface area contributed by atoms with E-state index in [-0.39, 0.29) is 17.0 Å². The summed E-state index contributed by atoms with van der Waals surface area (Å²) in [5.41, 5.74) is 17.1. The molecule has 4 aromatic rings. The van der Waals surface area contributed by atoms with Crippen molar-refractivity contribution in [2.45, 2.75) is 45.2 Å². The molecule has 0 bridgehead atoms. The van der Waals surface area contributed by atoms with E-state index < -0.39 is 5.91 Å². The Morgan fingerprint density at radius 2 is 1.94 bits per heavy atom. The fourth-order valence-electron chi connectivity index (χ4n) is 4.97. The van der Waals surface area contributed by atoms with Gasteiger partial charge in [0.05, 0.1) is 23.0 Å². The lowest BCUT2D eigenvalue weighted by Gasteiger charge is -2.39. The summed E-state index contributed by atoms with van der Waals surface area (Å²) in [5, 5.41) is 9.27. The Morgan fingerprint density at radius 1 is 1.16 bits per heavy atom. The number of hydrogen-bond acceptors (Lipinski definition) is 4. The van der Waals surface area contributed by atoms with Crippen LogP contribution in [-0.2, 0) is 7.05 Å². The van der Waals surface area contributed by atoms with Crippen molar-refractivity contribution < 1.29 is 4.79 Å². The summed E-state index contributed by atoms with van der Waals surface area (Å²) < 4.78 is 3.91. The van der Waals surface area contributed by atoms with Crippen LogP contribution in [0, 0.1) is 5.41 Å². The number of nitrogens with zero attached hydrogens (tertiary/aromatic N) is 3. The third-order valence-corrected chi connectivity index (χ3v) is 7.74. The molecule has 32 heavy (non-hydrogen) atoms. The SMILES string of the molecule is Cn1ccc2cc(-c3cc4c(N[C@@H]5CC[C@](C)(N)C5(C)C)c(C(N)=O)cnn4c3)ccc21. The number of fused-ring (bicyclic) bond motifs is 2. The van der Waals surface area contributed by atoms with Crippen LogP contribution in [0.4, 0.5) is 5.69 Å². The molecular weight excluding hydrogens is 400 g/mol. The van der Waals surface area contributed by atoms with Crippen LogP contribution in [0.15, 0.2) is 48.9 Å². The van der Waals surface area contributed by atoms with Gasteiger partial charge in [-0.15, -0.1) is 0 Å². The molecule has 1 aliphatic carbocycles. The molecule has 1 fully saturated rings.